The predicted molar refractivity (Wildman–Crippen MR) is 84.0 cm³/mol. The number of anilines is 1. The number of carbonyl (C=O) groups excluding carboxylic acids is 1. The Kier molecular flexibility index (Phi) is 5.60. The highest BCUT2D eigenvalue weighted by molar-refractivity contribution is 5.90. The lowest BCUT2D eigenvalue weighted by Crippen LogP contribution is -2.34. The van der Waals surface area contributed by atoms with Crippen LogP contribution in [0.1, 0.15) is 57.4 Å². The van der Waals surface area contributed by atoms with Crippen molar-refractivity contribution in [3.05, 3.63) is 29.8 Å². The van der Waals surface area contributed by atoms with Crippen molar-refractivity contribution in [2.24, 2.45) is 0 Å². The zero-order valence-corrected chi connectivity index (χ0v) is 12.6. The van der Waals surface area contributed by atoms with Crippen LogP contribution in [0.15, 0.2) is 24.3 Å². The normalized spacial score (nSPS) is 19.1. The molecule has 2 N–H and O–H groups in total. The minimum absolute atomic E-state index is 0.123. The van der Waals surface area contributed by atoms with Gasteiger partial charge in [-0.1, -0.05) is 32.4 Å². The lowest BCUT2D eigenvalue weighted by molar-refractivity contribution is -0.116. The third kappa shape index (κ3) is 4.64. The van der Waals surface area contributed by atoms with Crippen LogP contribution in [0.3, 0.4) is 0 Å². The van der Waals surface area contributed by atoms with Crippen LogP contribution in [-0.2, 0) is 4.79 Å². The Morgan fingerprint density at radius 3 is 2.95 bits per heavy atom. The van der Waals surface area contributed by atoms with Crippen LogP contribution in [0.2, 0.25) is 0 Å². The van der Waals surface area contributed by atoms with Gasteiger partial charge in [0.15, 0.2) is 0 Å². The number of piperidine rings is 1. The van der Waals surface area contributed by atoms with Crippen LogP contribution in [-0.4, -0.2) is 18.5 Å². The van der Waals surface area contributed by atoms with Gasteiger partial charge in [-0.05, 0) is 49.4 Å². The maximum Gasteiger partial charge on any atom is 0.224 e. The smallest absolute Gasteiger partial charge is 0.224 e. The van der Waals surface area contributed by atoms with Gasteiger partial charge in [0.2, 0.25) is 5.91 Å². The first-order valence-electron chi connectivity index (χ1n) is 7.78. The first kappa shape index (κ1) is 15.0. The summed E-state index contributed by atoms with van der Waals surface area (Å²) in [5, 5.41) is 6.49. The molecule has 3 nitrogen and oxygen atoms in total. The Hall–Kier alpha value is -1.35. The van der Waals surface area contributed by atoms with E-state index in [1.165, 1.54) is 24.8 Å². The van der Waals surface area contributed by atoms with Crippen molar-refractivity contribution in [3.8, 4) is 0 Å². The van der Waals surface area contributed by atoms with E-state index < -0.39 is 0 Å². The average Bonchev–Trinajstić information content (AvgIpc) is 2.46. The second-order valence-electron chi connectivity index (χ2n) is 6.01. The summed E-state index contributed by atoms with van der Waals surface area (Å²) < 4.78 is 0. The van der Waals surface area contributed by atoms with Gasteiger partial charge in [0.25, 0.3) is 0 Å². The van der Waals surface area contributed by atoms with E-state index in [9.17, 15) is 4.79 Å². The van der Waals surface area contributed by atoms with Crippen LogP contribution < -0.4 is 10.6 Å². The fourth-order valence-corrected chi connectivity index (χ4v) is 2.67. The van der Waals surface area contributed by atoms with Gasteiger partial charge in [0.05, 0.1) is 0 Å². The summed E-state index contributed by atoms with van der Waals surface area (Å²) in [6.45, 7) is 5.42. The summed E-state index contributed by atoms with van der Waals surface area (Å²) >= 11 is 0. The Balaban J connectivity index is 1.80. The van der Waals surface area contributed by atoms with E-state index in [1.54, 1.807) is 0 Å². The second kappa shape index (κ2) is 7.44. The summed E-state index contributed by atoms with van der Waals surface area (Å²) in [5.41, 5.74) is 2.18. The number of benzene rings is 1. The molecule has 3 heteroatoms. The molecule has 1 aliphatic rings. The molecular formula is C17H26N2O. The molecule has 0 aromatic heterocycles. The summed E-state index contributed by atoms with van der Waals surface area (Å²) in [6.07, 6.45) is 5.30. The van der Waals surface area contributed by atoms with E-state index in [-0.39, 0.29) is 5.91 Å². The topological polar surface area (TPSA) is 41.1 Å². The molecule has 1 unspecified atom stereocenters. The van der Waals surface area contributed by atoms with Crippen molar-refractivity contribution in [2.75, 3.05) is 11.9 Å². The first-order chi connectivity index (χ1) is 9.65. The molecule has 1 amide bonds. The van der Waals surface area contributed by atoms with Crippen molar-refractivity contribution < 1.29 is 4.79 Å². The number of carbonyl (C=O) groups is 1. The number of hydrogen-bond donors (Lipinski definition) is 2. The predicted octanol–water partition coefficient (Wildman–Crippen LogP) is 3.67. The Morgan fingerprint density at radius 2 is 2.25 bits per heavy atom. The Labute approximate surface area is 122 Å². The van der Waals surface area contributed by atoms with Crippen LogP contribution in [0, 0.1) is 0 Å². The van der Waals surface area contributed by atoms with Gasteiger partial charge >= 0.3 is 0 Å². The molecule has 1 aromatic carbocycles. The zero-order valence-electron chi connectivity index (χ0n) is 12.6. The molecule has 20 heavy (non-hydrogen) atoms. The lowest BCUT2D eigenvalue weighted by Gasteiger charge is -2.23. The number of amides is 1. The largest absolute Gasteiger partial charge is 0.326 e. The van der Waals surface area contributed by atoms with Crippen molar-refractivity contribution in [2.45, 2.75) is 57.9 Å². The Bertz CT molecular complexity index is 436. The molecule has 110 valence electrons. The zero-order chi connectivity index (χ0) is 14.4. The van der Waals surface area contributed by atoms with Gasteiger partial charge in [-0.3, -0.25) is 4.79 Å². The van der Waals surface area contributed by atoms with Crippen LogP contribution >= 0.6 is 0 Å². The summed E-state index contributed by atoms with van der Waals surface area (Å²) in [5.74, 6) is 0.608. The molecule has 0 aliphatic carbocycles. The highest BCUT2D eigenvalue weighted by Crippen LogP contribution is 2.19. The number of hydrogen-bond acceptors (Lipinski definition) is 2. The maximum atomic E-state index is 12.0. The highest BCUT2D eigenvalue weighted by atomic mass is 16.1. The molecule has 1 aromatic rings. The molecule has 1 fully saturated rings. The lowest BCUT2D eigenvalue weighted by atomic mass is 10.0. The molecule has 0 spiro atoms. The van der Waals surface area contributed by atoms with E-state index in [4.69, 9.17) is 0 Å². The average molecular weight is 274 g/mol. The van der Waals surface area contributed by atoms with Crippen LogP contribution in [0.5, 0.6) is 0 Å². The summed E-state index contributed by atoms with van der Waals surface area (Å²) in [6, 6.07) is 8.67. The molecular weight excluding hydrogens is 248 g/mol. The van der Waals surface area contributed by atoms with Gasteiger partial charge < -0.3 is 10.6 Å². The molecule has 0 bridgehead atoms. The van der Waals surface area contributed by atoms with E-state index in [2.05, 4.69) is 36.6 Å². The Morgan fingerprint density at radius 1 is 1.40 bits per heavy atom. The molecule has 1 aliphatic heterocycles. The van der Waals surface area contributed by atoms with Crippen LogP contribution in [0.25, 0.3) is 0 Å². The summed E-state index contributed by atoms with van der Waals surface area (Å²) in [4.78, 5) is 12.0. The van der Waals surface area contributed by atoms with Gasteiger partial charge in [0, 0.05) is 18.2 Å². The quantitative estimate of drug-likeness (QED) is 0.860. The highest BCUT2D eigenvalue weighted by Gasteiger charge is 2.14. The molecule has 2 rings (SSSR count). The van der Waals surface area contributed by atoms with Crippen molar-refractivity contribution in [3.63, 3.8) is 0 Å². The monoisotopic (exact) mass is 274 g/mol. The molecule has 0 saturated carbocycles. The minimum atomic E-state index is 0.123. The van der Waals surface area contributed by atoms with Gasteiger partial charge in [-0.25, -0.2) is 0 Å². The van der Waals surface area contributed by atoms with E-state index in [0.29, 0.717) is 18.4 Å². The molecule has 1 atom stereocenters. The van der Waals surface area contributed by atoms with Gasteiger partial charge in [-0.2, -0.15) is 0 Å². The fraction of sp³-hybridized carbons (Fsp3) is 0.588. The molecule has 1 heterocycles. The van der Waals surface area contributed by atoms with E-state index in [0.717, 1.165) is 18.7 Å². The van der Waals surface area contributed by atoms with Crippen LogP contribution in [0.4, 0.5) is 5.69 Å². The van der Waals surface area contributed by atoms with E-state index >= 15 is 0 Å². The van der Waals surface area contributed by atoms with Gasteiger partial charge in [0.1, 0.15) is 0 Å². The van der Waals surface area contributed by atoms with Crippen molar-refractivity contribution >= 4 is 11.6 Å². The number of rotatable bonds is 5. The van der Waals surface area contributed by atoms with Gasteiger partial charge in [-0.15, -0.1) is 0 Å². The van der Waals surface area contributed by atoms with Crippen molar-refractivity contribution in [1.82, 2.24) is 5.32 Å². The maximum absolute atomic E-state index is 12.0. The molecule has 1 saturated heterocycles. The summed E-state index contributed by atoms with van der Waals surface area (Å²) in [7, 11) is 0. The third-order valence-electron chi connectivity index (χ3n) is 3.97. The number of nitrogens with one attached hydrogen (secondary N) is 2. The fourth-order valence-electron chi connectivity index (χ4n) is 2.67. The van der Waals surface area contributed by atoms with E-state index in [1.807, 2.05) is 12.1 Å². The standard InChI is InChI=1S/C17H26N2O/c1-13(2)14-6-5-8-16(12-14)19-17(20)10-9-15-7-3-4-11-18-15/h5-6,8,12-13,15,18H,3-4,7,9-11H2,1-2H3,(H,19,20). The van der Waals surface area contributed by atoms with Crippen molar-refractivity contribution in [1.29, 1.82) is 0 Å². The third-order valence-corrected chi connectivity index (χ3v) is 3.97. The molecule has 0 radical (unpaired) electrons. The minimum Gasteiger partial charge on any atom is -0.326 e. The SMILES string of the molecule is CC(C)c1cccc(NC(=O)CCC2CCCCN2)c1. The first-order valence-corrected chi connectivity index (χ1v) is 7.78. The second-order valence-corrected chi connectivity index (χ2v) is 6.01.